The van der Waals surface area contributed by atoms with Gasteiger partial charge in [0.2, 0.25) is 0 Å². The number of benzene rings is 1. The molecule has 0 unspecified atom stereocenters. The van der Waals surface area contributed by atoms with E-state index in [1.165, 1.54) is 0 Å². The van der Waals surface area contributed by atoms with Gasteiger partial charge in [0, 0.05) is 12.9 Å². The average molecular weight is 389 g/mol. The minimum atomic E-state index is -0.314. The van der Waals surface area contributed by atoms with Gasteiger partial charge in [-0.3, -0.25) is 4.79 Å². The van der Waals surface area contributed by atoms with Crippen molar-refractivity contribution in [1.29, 1.82) is 0 Å². The monoisotopic (exact) mass is 388 g/mol. The van der Waals surface area contributed by atoms with Gasteiger partial charge in [-0.2, -0.15) is 0 Å². The first kappa shape index (κ1) is 27.1. The minimum absolute atomic E-state index is 0.0889. The second-order valence-electron chi connectivity index (χ2n) is 5.57. The van der Waals surface area contributed by atoms with E-state index in [2.05, 4.69) is 20.8 Å². The van der Waals surface area contributed by atoms with Gasteiger partial charge in [0.15, 0.2) is 13.6 Å². The summed E-state index contributed by atoms with van der Waals surface area (Å²) in [6.07, 6.45) is 0.248. The first-order chi connectivity index (χ1) is 12.6. The maximum Gasteiger partial charge on any atom is 0.312 e. The number of ether oxygens (including phenoxy) is 4. The fraction of sp³-hybridized carbons (Fsp3) is 0.650. The van der Waals surface area contributed by atoms with Gasteiger partial charge in [-0.1, -0.05) is 65.0 Å². The first-order valence-corrected chi connectivity index (χ1v) is 10.1. The third-order valence-corrected chi connectivity index (χ3v) is 3.05. The van der Waals surface area contributed by atoms with E-state index in [4.69, 9.17) is 18.9 Å². The minimum Gasteiger partial charge on any atom is -0.438 e. The molecule has 0 spiro atoms. The van der Waals surface area contributed by atoms with Crippen LogP contribution in [0.3, 0.4) is 0 Å². The normalized spacial score (nSPS) is 9.65. The Morgan fingerprint density at radius 3 is 2.23 bits per heavy atom. The summed E-state index contributed by atoms with van der Waals surface area (Å²) >= 11 is 1.61. The van der Waals surface area contributed by atoms with Gasteiger partial charge in [-0.05, 0) is 11.5 Å². The molecule has 1 aromatic carbocycles. The van der Waals surface area contributed by atoms with E-state index >= 15 is 0 Å². The summed E-state index contributed by atoms with van der Waals surface area (Å²) in [7, 11) is 1.66. The van der Waals surface area contributed by atoms with Crippen LogP contribution in [0.25, 0.3) is 0 Å². The second kappa shape index (κ2) is 22.0. The van der Waals surface area contributed by atoms with E-state index in [0.29, 0.717) is 12.5 Å². The van der Waals surface area contributed by atoms with Crippen molar-refractivity contribution >= 4 is 17.7 Å². The lowest BCUT2D eigenvalue weighted by molar-refractivity contribution is -0.165. The molecule has 0 radical (unpaired) electrons. The Balaban J connectivity index is 0. The molecule has 0 aromatic heterocycles. The predicted octanol–water partition coefficient (Wildman–Crippen LogP) is 4.75. The molecule has 0 N–H and O–H groups in total. The number of hydrogen-bond acceptors (Lipinski definition) is 6. The van der Waals surface area contributed by atoms with Crippen LogP contribution >= 0.6 is 11.8 Å². The third-order valence-electron chi connectivity index (χ3n) is 2.26. The highest BCUT2D eigenvalue weighted by Gasteiger charge is 2.03. The smallest absolute Gasteiger partial charge is 0.312 e. The van der Waals surface area contributed by atoms with E-state index in [1.54, 1.807) is 18.9 Å². The van der Waals surface area contributed by atoms with Crippen molar-refractivity contribution in [3.05, 3.63) is 35.9 Å². The Hall–Kier alpha value is -1.08. The summed E-state index contributed by atoms with van der Waals surface area (Å²) in [5.41, 5.74) is 0.920. The lowest BCUT2D eigenvalue weighted by Gasteiger charge is -2.07. The molecule has 0 aliphatic heterocycles. The highest BCUT2D eigenvalue weighted by Crippen LogP contribution is 2.01. The number of carbonyl (C=O) groups is 1. The molecule has 0 aliphatic carbocycles. The summed E-state index contributed by atoms with van der Waals surface area (Å²) in [5.74, 6) is 1.93. The zero-order valence-corrected chi connectivity index (χ0v) is 18.0. The van der Waals surface area contributed by atoms with E-state index in [-0.39, 0.29) is 26.0 Å². The highest BCUT2D eigenvalue weighted by atomic mass is 32.2. The van der Waals surface area contributed by atoms with Gasteiger partial charge in [0.1, 0.15) is 0 Å². The van der Waals surface area contributed by atoms with Gasteiger partial charge in [-0.15, -0.1) is 11.8 Å². The van der Waals surface area contributed by atoms with Crippen LogP contribution in [0.5, 0.6) is 0 Å². The Labute approximate surface area is 163 Å². The predicted molar refractivity (Wildman–Crippen MR) is 109 cm³/mol. The van der Waals surface area contributed by atoms with E-state index in [1.807, 2.05) is 44.2 Å². The topological polar surface area (TPSA) is 54.0 Å². The van der Waals surface area contributed by atoms with Crippen LogP contribution in [-0.4, -0.2) is 45.0 Å². The fourth-order valence-electron chi connectivity index (χ4n) is 1.31. The van der Waals surface area contributed by atoms with E-state index < -0.39 is 0 Å². The molecule has 0 heterocycles. The van der Waals surface area contributed by atoms with E-state index in [0.717, 1.165) is 17.2 Å². The van der Waals surface area contributed by atoms with Crippen LogP contribution < -0.4 is 0 Å². The van der Waals surface area contributed by atoms with Crippen molar-refractivity contribution in [3.8, 4) is 0 Å². The molecule has 0 atom stereocenters. The molecule has 0 bridgehead atoms. The number of esters is 1. The molecule has 1 aromatic rings. The zero-order chi connectivity index (χ0) is 20.0. The van der Waals surface area contributed by atoms with Crippen molar-refractivity contribution in [3.63, 3.8) is 0 Å². The first-order valence-electron chi connectivity index (χ1n) is 8.98. The van der Waals surface area contributed by atoms with Crippen LogP contribution in [0.2, 0.25) is 0 Å². The molecule has 0 fully saturated rings. The third kappa shape index (κ3) is 22.9. The quantitative estimate of drug-likeness (QED) is 0.310. The molecule has 6 heteroatoms. The summed E-state index contributed by atoms with van der Waals surface area (Å²) in [4.78, 5) is 11.5. The maximum absolute atomic E-state index is 11.5. The molecule has 5 nitrogen and oxygen atoms in total. The molecule has 0 saturated heterocycles. The summed E-state index contributed by atoms with van der Waals surface area (Å²) in [5, 5.41) is 0. The van der Waals surface area contributed by atoms with Crippen LogP contribution in [0.15, 0.2) is 30.3 Å². The zero-order valence-electron chi connectivity index (χ0n) is 17.2. The van der Waals surface area contributed by atoms with Gasteiger partial charge in [0.25, 0.3) is 0 Å². The van der Waals surface area contributed by atoms with Crippen LogP contribution in [0.1, 0.15) is 40.2 Å². The van der Waals surface area contributed by atoms with Crippen molar-refractivity contribution in [2.75, 3.05) is 39.0 Å². The second-order valence-corrected chi connectivity index (χ2v) is 6.63. The SMILES string of the molecule is CC.CC(C)C.COCCSCOCOCOC(=O)Cc1ccccc1. The van der Waals surface area contributed by atoms with Crippen molar-refractivity contribution in [2.24, 2.45) is 5.92 Å². The van der Waals surface area contributed by atoms with Crippen LogP contribution in [-0.2, 0) is 30.2 Å². The number of carbonyl (C=O) groups excluding carboxylic acids is 1. The molecule has 0 amide bonds. The molecule has 26 heavy (non-hydrogen) atoms. The van der Waals surface area contributed by atoms with Gasteiger partial charge in [-0.25, -0.2) is 0 Å². The van der Waals surface area contributed by atoms with Gasteiger partial charge >= 0.3 is 5.97 Å². The summed E-state index contributed by atoms with van der Waals surface area (Å²) < 4.78 is 20.0. The lowest BCUT2D eigenvalue weighted by Crippen LogP contribution is -2.12. The number of rotatable bonds is 11. The molecular weight excluding hydrogens is 352 g/mol. The number of methoxy groups -OCH3 is 1. The largest absolute Gasteiger partial charge is 0.438 e. The summed E-state index contributed by atoms with van der Waals surface area (Å²) in [6, 6.07) is 9.42. The Morgan fingerprint density at radius 2 is 1.65 bits per heavy atom. The Morgan fingerprint density at radius 1 is 1.04 bits per heavy atom. The molecule has 1 rings (SSSR count). The van der Waals surface area contributed by atoms with Crippen LogP contribution in [0.4, 0.5) is 0 Å². The standard InChI is InChI=1S/C14H20O5S.C4H10.C2H6/c1-16-7-8-20-12-18-10-17-11-19-14(15)9-13-5-3-2-4-6-13;1-4(2)3;1-2/h2-6H,7-12H2,1H3;4H,1-3H3;1-2H3. The van der Waals surface area contributed by atoms with Gasteiger partial charge < -0.3 is 18.9 Å². The van der Waals surface area contributed by atoms with Crippen LogP contribution in [0, 0.1) is 5.92 Å². The van der Waals surface area contributed by atoms with Crippen molar-refractivity contribution in [1.82, 2.24) is 0 Å². The Bertz CT molecular complexity index is 396. The maximum atomic E-state index is 11.5. The fourth-order valence-corrected chi connectivity index (χ4v) is 1.90. The molecular formula is C20H36O5S. The van der Waals surface area contributed by atoms with E-state index in [9.17, 15) is 4.79 Å². The number of hydrogen-bond donors (Lipinski definition) is 0. The van der Waals surface area contributed by atoms with Crippen molar-refractivity contribution in [2.45, 2.75) is 41.0 Å². The number of thioether (sulfide) groups is 1. The summed E-state index contributed by atoms with van der Waals surface area (Å²) in [6.45, 7) is 11.2. The van der Waals surface area contributed by atoms with Gasteiger partial charge in [0.05, 0.1) is 19.0 Å². The Kier molecular flexibility index (Phi) is 22.9. The molecule has 152 valence electrons. The molecule has 0 saturated carbocycles. The van der Waals surface area contributed by atoms with Crippen molar-refractivity contribution < 1.29 is 23.7 Å². The molecule has 0 aliphatic rings. The average Bonchev–Trinajstić information content (AvgIpc) is 2.62. The lowest BCUT2D eigenvalue weighted by atomic mass is 10.2. The highest BCUT2D eigenvalue weighted by molar-refractivity contribution is 7.99.